The number of non-ortho nitro benzene ring substituents is 1. The molecule has 0 saturated carbocycles. The molecule has 4 rings (SSSR count). The van der Waals surface area contributed by atoms with Gasteiger partial charge < -0.3 is 4.90 Å². The second-order valence-electron chi connectivity index (χ2n) is 5.98. The number of fused-ring (bicyclic) bond motifs is 1. The molecule has 3 heterocycles. The number of carbonyl (C=O) groups is 1. The number of rotatable bonds is 4. The van der Waals surface area contributed by atoms with Gasteiger partial charge in [0.05, 0.1) is 10.5 Å². The van der Waals surface area contributed by atoms with Gasteiger partial charge in [-0.25, -0.2) is 4.98 Å². The van der Waals surface area contributed by atoms with Crippen molar-refractivity contribution in [2.75, 3.05) is 16.8 Å². The Labute approximate surface area is 157 Å². The molecule has 1 aliphatic rings. The second kappa shape index (κ2) is 7.08. The molecule has 9 nitrogen and oxygen atoms in total. The molecule has 27 heavy (non-hydrogen) atoms. The molecule has 1 aliphatic heterocycles. The zero-order valence-electron chi connectivity index (χ0n) is 14.0. The molecule has 0 unspecified atom stereocenters. The number of aromatic nitrogens is 3. The Morgan fingerprint density at radius 2 is 2.15 bits per heavy atom. The summed E-state index contributed by atoms with van der Waals surface area (Å²) in [6.45, 7) is 1.30. The maximum absolute atomic E-state index is 12.2. The lowest BCUT2D eigenvalue weighted by molar-refractivity contribution is -0.384. The van der Waals surface area contributed by atoms with E-state index >= 15 is 0 Å². The van der Waals surface area contributed by atoms with Crippen LogP contribution in [0.5, 0.6) is 0 Å². The number of nitrogens with one attached hydrogen (secondary N) is 1. The number of pyridine rings is 1. The van der Waals surface area contributed by atoms with Gasteiger partial charge in [0.15, 0.2) is 0 Å². The van der Waals surface area contributed by atoms with Gasteiger partial charge >= 0.3 is 0 Å². The van der Waals surface area contributed by atoms with Crippen molar-refractivity contribution in [2.24, 2.45) is 0 Å². The minimum absolute atomic E-state index is 0.0901. The molecular weight excluding hydrogens is 368 g/mol. The number of benzene rings is 1. The summed E-state index contributed by atoms with van der Waals surface area (Å²) in [5, 5.41) is 21.5. The summed E-state index contributed by atoms with van der Waals surface area (Å²) >= 11 is 1.24. The van der Waals surface area contributed by atoms with Crippen molar-refractivity contribution >= 4 is 33.9 Å². The first-order valence-electron chi connectivity index (χ1n) is 8.15. The van der Waals surface area contributed by atoms with E-state index in [-0.39, 0.29) is 16.5 Å². The molecular formula is C17H14N6O3S. The van der Waals surface area contributed by atoms with E-state index in [1.807, 2.05) is 11.0 Å². The smallest absolute Gasteiger partial charge is 0.269 e. The predicted octanol–water partition coefficient (Wildman–Crippen LogP) is 2.66. The minimum atomic E-state index is -0.386. The predicted molar refractivity (Wildman–Crippen MR) is 99.9 cm³/mol. The van der Waals surface area contributed by atoms with Crippen LogP contribution in [0.3, 0.4) is 0 Å². The average molecular weight is 382 g/mol. The first kappa shape index (κ1) is 17.0. The molecule has 1 N–H and O–H groups in total. The minimum Gasteiger partial charge on any atom is -0.352 e. The molecule has 2 aromatic heterocycles. The molecule has 0 spiro atoms. The van der Waals surface area contributed by atoms with Crippen LogP contribution in [-0.4, -0.2) is 32.6 Å². The third kappa shape index (κ3) is 3.60. The van der Waals surface area contributed by atoms with E-state index in [0.717, 1.165) is 29.9 Å². The Hall–Kier alpha value is -3.40. The monoisotopic (exact) mass is 382 g/mol. The summed E-state index contributed by atoms with van der Waals surface area (Å²) < 4.78 is 0. The first-order valence-corrected chi connectivity index (χ1v) is 9.03. The van der Waals surface area contributed by atoms with Gasteiger partial charge in [-0.3, -0.25) is 20.2 Å². The van der Waals surface area contributed by atoms with Gasteiger partial charge in [0.1, 0.15) is 11.3 Å². The van der Waals surface area contributed by atoms with Crippen molar-refractivity contribution in [1.82, 2.24) is 15.2 Å². The summed E-state index contributed by atoms with van der Waals surface area (Å²) in [7, 11) is 0. The summed E-state index contributed by atoms with van der Waals surface area (Å²) in [5.74, 6) is 0.421. The van der Waals surface area contributed by atoms with Crippen molar-refractivity contribution < 1.29 is 9.72 Å². The number of hydrogen-bond donors (Lipinski definition) is 1. The van der Waals surface area contributed by atoms with Crippen molar-refractivity contribution in [3.63, 3.8) is 0 Å². The van der Waals surface area contributed by atoms with E-state index < -0.39 is 0 Å². The Balaban J connectivity index is 1.49. The van der Waals surface area contributed by atoms with E-state index in [1.54, 1.807) is 18.2 Å². The van der Waals surface area contributed by atoms with E-state index in [0.29, 0.717) is 17.2 Å². The molecule has 0 aliphatic carbocycles. The van der Waals surface area contributed by atoms with Crippen LogP contribution in [0, 0.1) is 10.1 Å². The highest BCUT2D eigenvalue weighted by atomic mass is 32.1. The van der Waals surface area contributed by atoms with Gasteiger partial charge in [0.25, 0.3) is 11.6 Å². The number of nitro benzene ring substituents is 1. The maximum Gasteiger partial charge on any atom is 0.269 e. The number of amides is 1. The van der Waals surface area contributed by atoms with E-state index in [2.05, 4.69) is 20.5 Å². The average Bonchev–Trinajstić information content (AvgIpc) is 3.20. The summed E-state index contributed by atoms with van der Waals surface area (Å²) in [6.07, 6.45) is 2.29. The Morgan fingerprint density at radius 1 is 1.26 bits per heavy atom. The highest BCUT2D eigenvalue weighted by Crippen LogP contribution is 2.26. The van der Waals surface area contributed by atoms with E-state index in [4.69, 9.17) is 0 Å². The molecule has 0 bridgehead atoms. The third-order valence-corrected chi connectivity index (χ3v) is 4.93. The SMILES string of the molecule is O=C(Nc1nncs1)c1ccc(N2CCc3ccc([N+](=O)[O-])cc3C2)nc1. The summed E-state index contributed by atoms with van der Waals surface area (Å²) in [5.41, 5.74) is 4.09. The zero-order chi connectivity index (χ0) is 18.8. The van der Waals surface area contributed by atoms with E-state index in [1.165, 1.54) is 29.1 Å². The fourth-order valence-corrected chi connectivity index (χ4v) is 3.40. The normalized spacial score (nSPS) is 13.1. The molecule has 1 aromatic carbocycles. The van der Waals surface area contributed by atoms with Gasteiger partial charge in [0, 0.05) is 31.4 Å². The van der Waals surface area contributed by atoms with Crippen LogP contribution in [0.15, 0.2) is 42.0 Å². The number of nitrogens with zero attached hydrogens (tertiary/aromatic N) is 5. The topological polar surface area (TPSA) is 114 Å². The molecule has 0 saturated heterocycles. The van der Waals surface area contributed by atoms with Crippen LogP contribution in [0.1, 0.15) is 21.5 Å². The lowest BCUT2D eigenvalue weighted by Gasteiger charge is -2.29. The maximum atomic E-state index is 12.2. The summed E-state index contributed by atoms with van der Waals surface area (Å²) in [4.78, 5) is 29.2. The largest absolute Gasteiger partial charge is 0.352 e. The number of hydrogen-bond acceptors (Lipinski definition) is 8. The van der Waals surface area contributed by atoms with Gasteiger partial charge in [-0.05, 0) is 29.7 Å². The van der Waals surface area contributed by atoms with Crippen LogP contribution in [0.2, 0.25) is 0 Å². The summed E-state index contributed by atoms with van der Waals surface area (Å²) in [6, 6.07) is 8.45. The van der Waals surface area contributed by atoms with Crippen LogP contribution < -0.4 is 10.2 Å². The molecule has 136 valence electrons. The van der Waals surface area contributed by atoms with Gasteiger partial charge in [-0.15, -0.1) is 10.2 Å². The van der Waals surface area contributed by atoms with Gasteiger partial charge in [0.2, 0.25) is 5.13 Å². The molecule has 0 radical (unpaired) electrons. The van der Waals surface area contributed by atoms with Crippen LogP contribution in [-0.2, 0) is 13.0 Å². The van der Waals surface area contributed by atoms with E-state index in [9.17, 15) is 14.9 Å². The van der Waals surface area contributed by atoms with Crippen LogP contribution >= 0.6 is 11.3 Å². The van der Waals surface area contributed by atoms with Crippen LogP contribution in [0.25, 0.3) is 0 Å². The molecule has 0 fully saturated rings. The molecule has 10 heteroatoms. The van der Waals surface area contributed by atoms with Gasteiger partial charge in [-0.2, -0.15) is 0 Å². The Kier molecular flexibility index (Phi) is 4.47. The van der Waals surface area contributed by atoms with Crippen molar-refractivity contribution in [3.8, 4) is 0 Å². The third-order valence-electron chi connectivity index (χ3n) is 4.33. The van der Waals surface area contributed by atoms with Crippen molar-refractivity contribution in [3.05, 3.63) is 68.8 Å². The standard InChI is InChI=1S/C17H14N6O3S/c24-16(20-17-21-19-10-27-17)12-2-4-15(18-8-12)22-6-5-11-1-3-14(23(25)26)7-13(11)9-22/h1-4,7-8,10H,5-6,9H2,(H,20,21,24). The lowest BCUT2D eigenvalue weighted by atomic mass is 9.99. The molecule has 1 amide bonds. The highest BCUT2D eigenvalue weighted by Gasteiger charge is 2.20. The molecule has 0 atom stereocenters. The number of anilines is 2. The Bertz CT molecular complexity index is 990. The highest BCUT2D eigenvalue weighted by molar-refractivity contribution is 7.13. The van der Waals surface area contributed by atoms with Gasteiger partial charge in [-0.1, -0.05) is 17.4 Å². The number of nitro groups is 1. The first-order chi connectivity index (χ1) is 13.1. The van der Waals surface area contributed by atoms with Crippen LogP contribution in [0.4, 0.5) is 16.6 Å². The van der Waals surface area contributed by atoms with Crippen molar-refractivity contribution in [2.45, 2.75) is 13.0 Å². The fourth-order valence-electron chi connectivity index (χ4n) is 2.96. The number of carbonyl (C=O) groups excluding carboxylic acids is 1. The Morgan fingerprint density at radius 3 is 2.85 bits per heavy atom. The fraction of sp³-hybridized carbons (Fsp3) is 0.176. The molecule has 3 aromatic rings. The quantitative estimate of drug-likeness (QED) is 0.545. The second-order valence-corrected chi connectivity index (χ2v) is 6.82. The lowest BCUT2D eigenvalue weighted by Crippen LogP contribution is -2.31. The zero-order valence-corrected chi connectivity index (χ0v) is 14.8. The van der Waals surface area contributed by atoms with Crippen molar-refractivity contribution in [1.29, 1.82) is 0 Å².